The van der Waals surface area contributed by atoms with Crippen LogP contribution >= 0.6 is 11.3 Å². The van der Waals surface area contributed by atoms with Crippen LogP contribution in [-0.4, -0.2) is 24.8 Å². The smallest absolute Gasteiger partial charge is 0.413 e. The average Bonchev–Trinajstić information content (AvgIpc) is 2.87. The summed E-state index contributed by atoms with van der Waals surface area (Å²) in [6, 6.07) is 7.59. The van der Waals surface area contributed by atoms with E-state index in [0.717, 1.165) is 17.0 Å². The molecule has 1 aromatic heterocycles. The molecule has 1 N–H and O–H groups in total. The lowest BCUT2D eigenvalue weighted by atomic mass is 10.1. The SMILES string of the molecule is CCOC(=O)Nc1nc(-c2ccccc2OC)cs1. The van der Waals surface area contributed by atoms with E-state index in [0.29, 0.717) is 11.7 Å². The lowest BCUT2D eigenvalue weighted by Gasteiger charge is -2.05. The Hall–Kier alpha value is -2.08. The average molecular weight is 278 g/mol. The van der Waals surface area contributed by atoms with Gasteiger partial charge in [0.15, 0.2) is 5.13 Å². The van der Waals surface area contributed by atoms with Crippen molar-refractivity contribution in [3.8, 4) is 17.0 Å². The molecule has 0 fully saturated rings. The Balaban J connectivity index is 2.19. The van der Waals surface area contributed by atoms with Crippen molar-refractivity contribution < 1.29 is 14.3 Å². The molecule has 0 spiro atoms. The highest BCUT2D eigenvalue weighted by Gasteiger charge is 2.11. The number of anilines is 1. The molecule has 1 aromatic carbocycles. The number of hydrogen-bond donors (Lipinski definition) is 1. The molecule has 0 radical (unpaired) electrons. The Bertz CT molecular complexity index is 569. The van der Waals surface area contributed by atoms with Gasteiger partial charge in [0.2, 0.25) is 0 Å². The monoisotopic (exact) mass is 278 g/mol. The van der Waals surface area contributed by atoms with Crippen LogP contribution in [0.2, 0.25) is 0 Å². The number of thiazole rings is 1. The standard InChI is InChI=1S/C13H14N2O3S/c1-3-18-13(16)15-12-14-10(8-19-12)9-6-4-5-7-11(9)17-2/h4-8H,3H2,1-2H3,(H,14,15,16). The van der Waals surface area contributed by atoms with E-state index >= 15 is 0 Å². The maximum atomic E-state index is 11.3. The fourth-order valence-corrected chi connectivity index (χ4v) is 2.26. The summed E-state index contributed by atoms with van der Waals surface area (Å²) in [7, 11) is 1.61. The van der Waals surface area contributed by atoms with Gasteiger partial charge in [-0.15, -0.1) is 11.3 Å². The third-order valence-corrected chi connectivity index (χ3v) is 3.13. The minimum Gasteiger partial charge on any atom is -0.496 e. The van der Waals surface area contributed by atoms with Gasteiger partial charge >= 0.3 is 6.09 Å². The van der Waals surface area contributed by atoms with E-state index in [1.54, 1.807) is 14.0 Å². The van der Waals surface area contributed by atoms with E-state index < -0.39 is 6.09 Å². The van der Waals surface area contributed by atoms with E-state index in [4.69, 9.17) is 9.47 Å². The van der Waals surface area contributed by atoms with Crippen molar-refractivity contribution in [3.05, 3.63) is 29.6 Å². The molecule has 0 unspecified atom stereocenters. The molecular weight excluding hydrogens is 264 g/mol. The summed E-state index contributed by atoms with van der Waals surface area (Å²) in [6.45, 7) is 2.08. The Morgan fingerprint density at radius 1 is 1.42 bits per heavy atom. The fourth-order valence-electron chi connectivity index (χ4n) is 1.57. The summed E-state index contributed by atoms with van der Waals surface area (Å²) in [6.07, 6.45) is -0.497. The number of nitrogens with one attached hydrogen (secondary N) is 1. The molecule has 0 aliphatic heterocycles. The van der Waals surface area contributed by atoms with Gasteiger partial charge in [-0.2, -0.15) is 0 Å². The Morgan fingerprint density at radius 3 is 2.95 bits per heavy atom. The molecular formula is C13H14N2O3S. The minimum atomic E-state index is -0.497. The lowest BCUT2D eigenvalue weighted by Crippen LogP contribution is -2.12. The van der Waals surface area contributed by atoms with Crippen LogP contribution in [0.25, 0.3) is 11.3 Å². The number of aromatic nitrogens is 1. The summed E-state index contributed by atoms with van der Waals surface area (Å²) < 4.78 is 10.1. The Morgan fingerprint density at radius 2 is 2.21 bits per heavy atom. The van der Waals surface area contributed by atoms with Gasteiger partial charge in [-0.25, -0.2) is 9.78 Å². The van der Waals surface area contributed by atoms with Crippen molar-refractivity contribution in [2.45, 2.75) is 6.92 Å². The molecule has 19 heavy (non-hydrogen) atoms. The first kappa shape index (κ1) is 13.4. The van der Waals surface area contributed by atoms with Crippen LogP contribution in [0.15, 0.2) is 29.6 Å². The number of benzene rings is 1. The van der Waals surface area contributed by atoms with Gasteiger partial charge in [0.1, 0.15) is 5.75 Å². The highest BCUT2D eigenvalue weighted by Crippen LogP contribution is 2.31. The molecule has 0 bridgehead atoms. The van der Waals surface area contributed by atoms with Gasteiger partial charge in [0.05, 0.1) is 19.4 Å². The highest BCUT2D eigenvalue weighted by atomic mass is 32.1. The zero-order chi connectivity index (χ0) is 13.7. The summed E-state index contributed by atoms with van der Waals surface area (Å²) in [4.78, 5) is 15.6. The number of rotatable bonds is 4. The number of carbonyl (C=O) groups excluding carboxylic acids is 1. The first-order valence-corrected chi connectivity index (χ1v) is 6.65. The van der Waals surface area contributed by atoms with Crippen molar-refractivity contribution in [2.24, 2.45) is 0 Å². The van der Waals surface area contributed by atoms with Gasteiger partial charge < -0.3 is 9.47 Å². The zero-order valence-electron chi connectivity index (χ0n) is 10.7. The molecule has 5 nitrogen and oxygen atoms in total. The van der Waals surface area contributed by atoms with Crippen LogP contribution in [0.5, 0.6) is 5.75 Å². The summed E-state index contributed by atoms with van der Waals surface area (Å²) in [5.74, 6) is 0.746. The van der Waals surface area contributed by atoms with E-state index in [9.17, 15) is 4.79 Å². The fraction of sp³-hybridized carbons (Fsp3) is 0.231. The topological polar surface area (TPSA) is 60.5 Å². The number of ether oxygens (including phenoxy) is 2. The molecule has 0 aliphatic rings. The number of para-hydroxylation sites is 1. The van der Waals surface area contributed by atoms with Crippen molar-refractivity contribution >= 4 is 22.6 Å². The molecule has 1 amide bonds. The largest absolute Gasteiger partial charge is 0.496 e. The zero-order valence-corrected chi connectivity index (χ0v) is 11.5. The molecule has 0 aliphatic carbocycles. The third kappa shape index (κ3) is 3.23. The molecule has 1 heterocycles. The second-order valence-electron chi connectivity index (χ2n) is 3.58. The molecule has 2 aromatic rings. The van der Waals surface area contributed by atoms with Crippen LogP contribution in [0.1, 0.15) is 6.92 Å². The maximum absolute atomic E-state index is 11.3. The van der Waals surface area contributed by atoms with E-state index in [-0.39, 0.29) is 0 Å². The van der Waals surface area contributed by atoms with E-state index in [2.05, 4.69) is 10.3 Å². The number of amides is 1. The highest BCUT2D eigenvalue weighted by molar-refractivity contribution is 7.14. The second kappa shape index (κ2) is 6.19. The Labute approximate surface area is 115 Å². The maximum Gasteiger partial charge on any atom is 0.413 e. The number of hydrogen-bond acceptors (Lipinski definition) is 5. The summed E-state index contributed by atoms with van der Waals surface area (Å²) in [5, 5.41) is 4.94. The number of nitrogens with zero attached hydrogens (tertiary/aromatic N) is 1. The van der Waals surface area contributed by atoms with Crippen LogP contribution in [0.3, 0.4) is 0 Å². The van der Waals surface area contributed by atoms with Gasteiger partial charge in [-0.3, -0.25) is 5.32 Å². The first-order valence-electron chi connectivity index (χ1n) is 5.77. The molecule has 100 valence electrons. The molecule has 6 heteroatoms. The van der Waals surface area contributed by atoms with Crippen LogP contribution in [0.4, 0.5) is 9.93 Å². The second-order valence-corrected chi connectivity index (χ2v) is 4.44. The number of methoxy groups -OCH3 is 1. The third-order valence-electron chi connectivity index (χ3n) is 2.37. The normalized spacial score (nSPS) is 10.0. The predicted octanol–water partition coefficient (Wildman–Crippen LogP) is 3.39. The van der Waals surface area contributed by atoms with Gasteiger partial charge in [-0.1, -0.05) is 12.1 Å². The Kier molecular flexibility index (Phi) is 4.35. The first-order chi connectivity index (χ1) is 9.24. The summed E-state index contributed by atoms with van der Waals surface area (Å²) in [5.41, 5.74) is 1.65. The van der Waals surface area contributed by atoms with Crippen molar-refractivity contribution in [2.75, 3.05) is 19.0 Å². The van der Waals surface area contributed by atoms with Crippen molar-refractivity contribution in [1.29, 1.82) is 0 Å². The van der Waals surface area contributed by atoms with E-state index in [1.807, 2.05) is 29.6 Å². The van der Waals surface area contributed by atoms with Crippen molar-refractivity contribution in [3.63, 3.8) is 0 Å². The van der Waals surface area contributed by atoms with Gasteiger partial charge in [0, 0.05) is 10.9 Å². The minimum absolute atomic E-state index is 0.330. The number of carbonyl (C=O) groups is 1. The van der Waals surface area contributed by atoms with E-state index in [1.165, 1.54) is 11.3 Å². The lowest BCUT2D eigenvalue weighted by molar-refractivity contribution is 0.168. The molecule has 0 atom stereocenters. The van der Waals surface area contributed by atoms with Crippen LogP contribution in [0, 0.1) is 0 Å². The summed E-state index contributed by atoms with van der Waals surface area (Å²) >= 11 is 1.34. The predicted molar refractivity (Wildman–Crippen MR) is 74.7 cm³/mol. The van der Waals surface area contributed by atoms with Gasteiger partial charge in [-0.05, 0) is 19.1 Å². The van der Waals surface area contributed by atoms with Gasteiger partial charge in [0.25, 0.3) is 0 Å². The van der Waals surface area contributed by atoms with Crippen molar-refractivity contribution in [1.82, 2.24) is 4.98 Å². The quantitative estimate of drug-likeness (QED) is 0.931. The molecule has 0 saturated carbocycles. The van der Waals surface area contributed by atoms with Crippen LogP contribution in [-0.2, 0) is 4.74 Å². The molecule has 2 rings (SSSR count). The molecule has 0 saturated heterocycles. The van der Waals surface area contributed by atoms with Crippen LogP contribution < -0.4 is 10.1 Å².